The number of carboxylic acid groups (broad SMARTS) is 1. The average molecular weight is 1140 g/mol. The number of nitrogens with one attached hydrogen (secondary N) is 9. The number of carboxylic acids is 1. The zero-order valence-corrected chi connectivity index (χ0v) is 49.1. The fourth-order valence-corrected chi connectivity index (χ4v) is 10.3. The molecule has 3 saturated heterocycles. The Bertz CT molecular complexity index is 2360. The van der Waals surface area contributed by atoms with Crippen molar-refractivity contribution in [2.75, 3.05) is 26.2 Å². The molecule has 11 N–H and O–H groups in total. The Hall–Kier alpha value is -6.69. The molecule has 0 saturated carbocycles. The molecule has 3 aliphatic heterocycles. The second-order valence-electron chi connectivity index (χ2n) is 23.4. The van der Waals surface area contributed by atoms with Crippen molar-refractivity contribution < 1.29 is 63.0 Å². The van der Waals surface area contributed by atoms with Gasteiger partial charge in [-0.1, -0.05) is 106 Å². The zero-order chi connectivity index (χ0) is 60.4. The van der Waals surface area contributed by atoms with Crippen molar-refractivity contribution in [3.8, 4) is 0 Å². The highest BCUT2D eigenvalue weighted by Gasteiger charge is 2.42. The van der Waals surface area contributed by atoms with Gasteiger partial charge in [0.2, 0.25) is 59.1 Å². The molecule has 4 rings (SSSR count). The average Bonchev–Trinajstić information content (AvgIpc) is 4.24. The Morgan fingerprint density at radius 1 is 0.568 bits per heavy atom. The van der Waals surface area contributed by atoms with E-state index < -0.39 is 144 Å². The molecule has 0 spiro atoms. The van der Waals surface area contributed by atoms with E-state index in [4.69, 9.17) is 0 Å². The van der Waals surface area contributed by atoms with E-state index in [9.17, 15) is 63.0 Å². The number of likely N-dealkylation sites (tertiary alicyclic amines) is 2. The van der Waals surface area contributed by atoms with Crippen molar-refractivity contribution in [1.82, 2.24) is 57.7 Å². The van der Waals surface area contributed by atoms with Gasteiger partial charge in [0.1, 0.15) is 54.4 Å². The lowest BCUT2D eigenvalue weighted by Gasteiger charge is -2.32. The molecule has 81 heavy (non-hydrogen) atoms. The molecule has 0 aromatic heterocycles. The van der Waals surface area contributed by atoms with Crippen LogP contribution in [0.25, 0.3) is 0 Å². The number of aliphatic hydroxyl groups excluding tert-OH is 1. The highest BCUT2D eigenvalue weighted by atomic mass is 16.4. The van der Waals surface area contributed by atoms with Crippen LogP contribution >= 0.6 is 0 Å². The molecule has 24 heteroatoms. The summed E-state index contributed by atoms with van der Waals surface area (Å²) in [5.74, 6) is -9.50. The number of nitrogens with zero attached hydrogens (tertiary/aromatic N) is 2. The normalized spacial score (nSPS) is 20.5. The fraction of sp³-hybridized carbons (Fsp3) is 0.702. The molecule has 3 heterocycles. The van der Waals surface area contributed by atoms with Crippen molar-refractivity contribution in [3.05, 3.63) is 35.9 Å². The molecule has 0 aliphatic carbocycles. The number of hydrogen-bond donors (Lipinski definition) is 11. The molecule has 12 atom stereocenters. The molecule has 0 bridgehead atoms. The maximum Gasteiger partial charge on any atom is 0.326 e. The Balaban J connectivity index is 1.45. The number of amides is 10. The van der Waals surface area contributed by atoms with Crippen LogP contribution < -0.4 is 47.9 Å². The van der Waals surface area contributed by atoms with Gasteiger partial charge in [0.15, 0.2) is 0 Å². The highest BCUT2D eigenvalue weighted by Crippen LogP contribution is 2.23. The summed E-state index contributed by atoms with van der Waals surface area (Å²) in [6.07, 6.45) is 1.89. The smallest absolute Gasteiger partial charge is 0.326 e. The number of rotatable bonds is 29. The van der Waals surface area contributed by atoms with Crippen molar-refractivity contribution in [2.24, 2.45) is 29.6 Å². The van der Waals surface area contributed by atoms with Crippen LogP contribution in [0.15, 0.2) is 30.3 Å². The van der Waals surface area contributed by atoms with Gasteiger partial charge in [-0.05, 0) is 93.6 Å². The molecule has 1 aromatic carbocycles. The van der Waals surface area contributed by atoms with Crippen LogP contribution in [-0.2, 0) is 59.2 Å². The van der Waals surface area contributed by atoms with E-state index in [0.29, 0.717) is 37.8 Å². The van der Waals surface area contributed by atoms with E-state index >= 15 is 0 Å². The van der Waals surface area contributed by atoms with Crippen LogP contribution in [0.3, 0.4) is 0 Å². The predicted molar refractivity (Wildman–Crippen MR) is 300 cm³/mol. The Morgan fingerprint density at radius 2 is 1.05 bits per heavy atom. The largest absolute Gasteiger partial charge is 0.480 e. The molecular weight excluding hydrogens is 1050 g/mol. The van der Waals surface area contributed by atoms with Gasteiger partial charge >= 0.3 is 5.97 Å². The lowest BCUT2D eigenvalue weighted by Crippen LogP contribution is -2.63. The topological polar surface area (TPSA) is 343 Å². The van der Waals surface area contributed by atoms with E-state index in [1.165, 1.54) is 16.7 Å². The van der Waals surface area contributed by atoms with Crippen molar-refractivity contribution >= 4 is 65.0 Å². The molecule has 3 fully saturated rings. The van der Waals surface area contributed by atoms with E-state index in [0.717, 1.165) is 6.42 Å². The molecule has 10 amide bonds. The third-order valence-corrected chi connectivity index (χ3v) is 15.3. The van der Waals surface area contributed by atoms with Crippen LogP contribution in [0.1, 0.15) is 133 Å². The van der Waals surface area contributed by atoms with Crippen molar-refractivity contribution in [2.45, 2.75) is 200 Å². The zero-order valence-electron chi connectivity index (χ0n) is 49.1. The second kappa shape index (κ2) is 31.5. The van der Waals surface area contributed by atoms with E-state index in [1.807, 2.05) is 20.8 Å². The van der Waals surface area contributed by atoms with E-state index in [-0.39, 0.29) is 62.4 Å². The van der Waals surface area contributed by atoms with Gasteiger partial charge in [-0.3, -0.25) is 47.9 Å². The minimum absolute atomic E-state index is 0.0305. The summed E-state index contributed by atoms with van der Waals surface area (Å²) in [6.45, 7) is 19.3. The van der Waals surface area contributed by atoms with Crippen molar-refractivity contribution in [1.29, 1.82) is 0 Å². The SMILES string of the molecule is CC[C@H](C)[C@H](NC(=O)[C@@H]1CCCN1C(=O)CNC(=O)[C@@H]1CCCN1C(=O)[C@H](Cc1ccccc1)NC(=O)[C@@H](NC(=O)[C@@H](NC(=O)[C@@H](NC(=O)[C@@H](NC(=O)[C@@H]1CCCN1)C(C)C)C(C)C)C(C)C)[C@@H](C)O)C(=O)N[C@@H](CC(C)C)C(=O)O. The van der Waals surface area contributed by atoms with Crippen LogP contribution in [0.5, 0.6) is 0 Å². The van der Waals surface area contributed by atoms with E-state index in [2.05, 4.69) is 47.9 Å². The molecule has 3 aliphatic rings. The Morgan fingerprint density at radius 3 is 1.54 bits per heavy atom. The van der Waals surface area contributed by atoms with Gasteiger partial charge in [-0.25, -0.2) is 4.79 Å². The first-order valence-electron chi connectivity index (χ1n) is 28.8. The summed E-state index contributed by atoms with van der Waals surface area (Å²) in [6, 6.07) is -2.34. The Kier molecular flexibility index (Phi) is 26.0. The second-order valence-corrected chi connectivity index (χ2v) is 23.4. The summed E-state index contributed by atoms with van der Waals surface area (Å²) in [4.78, 5) is 153. The standard InChI is InChI=1S/C57H91N11O13/c1-12-34(10)46(54(77)61-39(57(80)81)27-30(2)3)65-50(73)41-23-17-25-67(41)42(70)29-59-49(72)40-22-18-26-68(40)56(79)38(28-36-19-14-13-15-20-36)60-55(78)47(35(11)69)66-53(76)45(33(8)9)64-52(75)44(32(6)7)63-51(74)43(31(4)5)62-48(71)37-21-16-24-58-37/h13-15,19-20,30-35,37-41,43-47,58,69H,12,16-18,21-29H2,1-11H3,(H,59,72)(H,60,78)(H,61,77)(H,62,71)(H,63,74)(H,64,75)(H,65,73)(H,66,76)(H,80,81)/t34-,35+,37-,38-,39-,40-,41-,43-,44-,45-,46-,47-/m0/s1. The lowest BCUT2D eigenvalue weighted by molar-refractivity contribution is -0.144. The minimum Gasteiger partial charge on any atom is -0.480 e. The van der Waals surface area contributed by atoms with Crippen LogP contribution in [0.4, 0.5) is 0 Å². The first-order chi connectivity index (χ1) is 38.2. The summed E-state index contributed by atoms with van der Waals surface area (Å²) >= 11 is 0. The third kappa shape index (κ3) is 19.2. The van der Waals surface area contributed by atoms with Crippen LogP contribution in [0.2, 0.25) is 0 Å². The number of benzene rings is 1. The number of hydrogen-bond acceptors (Lipinski definition) is 13. The number of carbonyl (C=O) groups is 11. The molecule has 0 unspecified atom stereocenters. The summed E-state index contributed by atoms with van der Waals surface area (Å²) in [5, 5.41) is 45.3. The molecule has 452 valence electrons. The first kappa shape index (κ1) is 66.8. The quantitative estimate of drug-likeness (QED) is 0.0503. The summed E-state index contributed by atoms with van der Waals surface area (Å²) in [5.41, 5.74) is 0.637. The monoisotopic (exact) mass is 1140 g/mol. The fourth-order valence-electron chi connectivity index (χ4n) is 10.3. The predicted octanol–water partition coefficient (Wildman–Crippen LogP) is -0.00150. The molecule has 0 radical (unpaired) electrons. The van der Waals surface area contributed by atoms with Crippen molar-refractivity contribution in [3.63, 3.8) is 0 Å². The van der Waals surface area contributed by atoms with Gasteiger partial charge in [0.05, 0.1) is 18.7 Å². The minimum atomic E-state index is -1.65. The van der Waals surface area contributed by atoms with Gasteiger partial charge < -0.3 is 67.9 Å². The van der Waals surface area contributed by atoms with Gasteiger partial charge in [-0.15, -0.1) is 0 Å². The number of aliphatic carboxylic acids is 1. The highest BCUT2D eigenvalue weighted by molar-refractivity contribution is 5.99. The van der Waals surface area contributed by atoms with Gasteiger partial charge in [0.25, 0.3) is 0 Å². The molecular formula is C57H91N11O13. The number of carbonyl (C=O) groups excluding carboxylic acids is 10. The molecule has 1 aromatic rings. The van der Waals surface area contributed by atoms with Gasteiger partial charge in [-0.2, -0.15) is 0 Å². The van der Waals surface area contributed by atoms with E-state index in [1.54, 1.807) is 78.8 Å². The number of aliphatic hydroxyl groups is 1. The first-order valence-corrected chi connectivity index (χ1v) is 28.8. The maximum absolute atomic E-state index is 14.6. The lowest BCUT2D eigenvalue weighted by atomic mass is 9.96. The van der Waals surface area contributed by atoms with Crippen LogP contribution in [-0.4, -0.2) is 178 Å². The summed E-state index contributed by atoms with van der Waals surface area (Å²) < 4.78 is 0. The van der Waals surface area contributed by atoms with Crippen LogP contribution in [0, 0.1) is 29.6 Å². The maximum atomic E-state index is 14.6. The molecule has 24 nitrogen and oxygen atoms in total. The van der Waals surface area contributed by atoms with Gasteiger partial charge in [0, 0.05) is 19.5 Å². The third-order valence-electron chi connectivity index (χ3n) is 15.3. The Labute approximate surface area is 476 Å². The summed E-state index contributed by atoms with van der Waals surface area (Å²) in [7, 11) is 0.